The zero-order chi connectivity index (χ0) is 19.1. The number of ether oxygens (including phenoxy) is 1. The maximum absolute atomic E-state index is 5.83. The molecule has 2 aromatic rings. The molecule has 0 amide bonds. The van der Waals surface area contributed by atoms with Crippen molar-refractivity contribution in [3.8, 4) is 11.3 Å². The zero-order valence-corrected chi connectivity index (χ0v) is 17.1. The van der Waals surface area contributed by atoms with Crippen molar-refractivity contribution in [3.63, 3.8) is 0 Å². The molecule has 0 aliphatic carbocycles. The predicted molar refractivity (Wildman–Crippen MR) is 111 cm³/mol. The Labute approximate surface area is 167 Å². The summed E-state index contributed by atoms with van der Waals surface area (Å²) < 4.78 is 7.77. The van der Waals surface area contributed by atoms with Gasteiger partial charge in [0.2, 0.25) is 0 Å². The van der Waals surface area contributed by atoms with Crippen molar-refractivity contribution >= 4 is 5.69 Å². The summed E-state index contributed by atoms with van der Waals surface area (Å²) in [6.45, 7) is 7.40. The van der Waals surface area contributed by atoms with Crippen molar-refractivity contribution in [2.45, 2.75) is 57.2 Å². The first kappa shape index (κ1) is 18.1. The smallest absolute Gasteiger partial charge is 0.113 e. The number of rotatable bonds is 4. The monoisotopic (exact) mass is 381 g/mol. The third-order valence-electron chi connectivity index (χ3n) is 6.97. The van der Waals surface area contributed by atoms with Crippen LogP contribution in [-0.2, 0) is 11.3 Å². The van der Waals surface area contributed by atoms with Crippen LogP contribution in [0.2, 0.25) is 0 Å². The maximum Gasteiger partial charge on any atom is 0.113 e. The molecule has 1 atom stereocenters. The number of nitrogens with zero attached hydrogens (tertiary/aromatic N) is 5. The molecule has 1 aromatic carbocycles. The number of aromatic nitrogens is 3. The number of anilines is 1. The number of likely N-dealkylation sites (N-methyl/N-ethyl adjacent to an activating group) is 1. The highest BCUT2D eigenvalue weighted by Crippen LogP contribution is 2.39. The van der Waals surface area contributed by atoms with Gasteiger partial charge in [0, 0.05) is 30.9 Å². The molecule has 3 fully saturated rings. The van der Waals surface area contributed by atoms with Crippen LogP contribution in [0.1, 0.15) is 37.7 Å². The summed E-state index contributed by atoms with van der Waals surface area (Å²) in [4.78, 5) is 5.06. The van der Waals surface area contributed by atoms with E-state index in [-0.39, 0.29) is 6.10 Å². The van der Waals surface area contributed by atoms with Gasteiger partial charge in [-0.15, -0.1) is 5.10 Å². The second-order valence-corrected chi connectivity index (χ2v) is 8.92. The molecule has 28 heavy (non-hydrogen) atoms. The molecule has 150 valence electrons. The SMILES string of the molecule is Cc1cc(N2CC3(CCCN3C)C2)ccc1-c1cn(C[C@H]2CCCCO2)nn1. The third kappa shape index (κ3) is 3.22. The average molecular weight is 382 g/mol. The van der Waals surface area contributed by atoms with Crippen LogP contribution in [0.5, 0.6) is 0 Å². The highest BCUT2D eigenvalue weighted by Gasteiger charge is 2.48. The summed E-state index contributed by atoms with van der Waals surface area (Å²) in [5.74, 6) is 0. The first-order valence-corrected chi connectivity index (χ1v) is 10.7. The minimum absolute atomic E-state index is 0.277. The van der Waals surface area contributed by atoms with Crippen molar-refractivity contribution in [2.24, 2.45) is 0 Å². The zero-order valence-electron chi connectivity index (χ0n) is 17.1. The Kier molecular flexibility index (Phi) is 4.63. The topological polar surface area (TPSA) is 46.4 Å². The van der Waals surface area contributed by atoms with Gasteiger partial charge >= 0.3 is 0 Å². The summed E-state index contributed by atoms with van der Waals surface area (Å²) in [6, 6.07) is 6.76. The van der Waals surface area contributed by atoms with E-state index in [1.54, 1.807) is 0 Å². The molecule has 6 heteroatoms. The van der Waals surface area contributed by atoms with Gasteiger partial charge in [-0.3, -0.25) is 4.90 Å². The van der Waals surface area contributed by atoms with E-state index >= 15 is 0 Å². The van der Waals surface area contributed by atoms with Crippen LogP contribution in [0.3, 0.4) is 0 Å². The molecule has 3 aliphatic heterocycles. The molecule has 4 heterocycles. The number of hydrogen-bond acceptors (Lipinski definition) is 5. The fourth-order valence-electron chi connectivity index (χ4n) is 5.12. The molecule has 1 aromatic heterocycles. The lowest BCUT2D eigenvalue weighted by atomic mass is 9.86. The lowest BCUT2D eigenvalue weighted by molar-refractivity contribution is 0.00370. The Bertz CT molecular complexity index is 835. The van der Waals surface area contributed by atoms with Crippen LogP contribution >= 0.6 is 0 Å². The van der Waals surface area contributed by atoms with Gasteiger partial charge in [0.1, 0.15) is 5.69 Å². The fourth-order valence-corrected chi connectivity index (χ4v) is 5.12. The quantitative estimate of drug-likeness (QED) is 0.814. The van der Waals surface area contributed by atoms with Gasteiger partial charge in [0.25, 0.3) is 0 Å². The molecule has 0 radical (unpaired) electrons. The minimum atomic E-state index is 0.277. The fraction of sp³-hybridized carbons (Fsp3) is 0.636. The lowest BCUT2D eigenvalue weighted by Crippen LogP contribution is -2.67. The molecule has 3 saturated heterocycles. The van der Waals surface area contributed by atoms with Gasteiger partial charge in [0.05, 0.1) is 24.4 Å². The van der Waals surface area contributed by atoms with E-state index in [1.807, 2.05) is 4.68 Å². The Morgan fingerprint density at radius 2 is 2.11 bits per heavy atom. The normalized spacial score (nSPS) is 24.6. The molecule has 3 aliphatic rings. The highest BCUT2D eigenvalue weighted by molar-refractivity contribution is 5.67. The molecule has 0 N–H and O–H groups in total. The van der Waals surface area contributed by atoms with E-state index in [9.17, 15) is 0 Å². The predicted octanol–water partition coefficient (Wildman–Crippen LogP) is 3.11. The van der Waals surface area contributed by atoms with Crippen LogP contribution in [0.25, 0.3) is 11.3 Å². The van der Waals surface area contributed by atoms with E-state index in [1.165, 1.54) is 49.0 Å². The minimum Gasteiger partial charge on any atom is -0.376 e. The average Bonchev–Trinajstić information content (AvgIpc) is 3.28. The molecule has 5 rings (SSSR count). The van der Waals surface area contributed by atoms with Gasteiger partial charge < -0.3 is 9.64 Å². The maximum atomic E-state index is 5.83. The molecular weight excluding hydrogens is 350 g/mol. The highest BCUT2D eigenvalue weighted by atomic mass is 16.5. The first-order valence-electron chi connectivity index (χ1n) is 10.7. The van der Waals surface area contributed by atoms with E-state index in [0.717, 1.165) is 38.4 Å². The van der Waals surface area contributed by atoms with Crippen LogP contribution in [0.4, 0.5) is 5.69 Å². The second-order valence-electron chi connectivity index (χ2n) is 8.92. The summed E-state index contributed by atoms with van der Waals surface area (Å²) in [5, 5.41) is 8.77. The number of hydrogen-bond donors (Lipinski definition) is 0. The van der Waals surface area contributed by atoms with Crippen LogP contribution < -0.4 is 4.90 Å². The summed E-state index contributed by atoms with van der Waals surface area (Å²) in [5.41, 5.74) is 5.15. The van der Waals surface area contributed by atoms with Crippen LogP contribution in [0.15, 0.2) is 24.4 Å². The van der Waals surface area contributed by atoms with E-state index in [2.05, 4.69) is 58.5 Å². The van der Waals surface area contributed by atoms with E-state index in [4.69, 9.17) is 4.74 Å². The summed E-state index contributed by atoms with van der Waals surface area (Å²) in [6.07, 6.45) is 8.56. The molecule has 0 saturated carbocycles. The first-order chi connectivity index (χ1) is 13.6. The van der Waals surface area contributed by atoms with Crippen molar-refractivity contribution in [2.75, 3.05) is 38.2 Å². The standard InChI is InChI=1S/C22H31N5O/c1-17-12-18(26-15-22(16-26)9-5-10-25(22)2)7-8-20(17)21-14-27(24-23-21)13-19-6-3-4-11-28-19/h7-8,12,14,19H,3-6,9-11,13,15-16H2,1-2H3/t19-/m1/s1. The molecular formula is C22H31N5O. The second kappa shape index (κ2) is 7.16. The van der Waals surface area contributed by atoms with E-state index < -0.39 is 0 Å². The summed E-state index contributed by atoms with van der Waals surface area (Å²) >= 11 is 0. The summed E-state index contributed by atoms with van der Waals surface area (Å²) in [7, 11) is 2.28. The van der Waals surface area contributed by atoms with Crippen molar-refractivity contribution in [1.29, 1.82) is 0 Å². The van der Waals surface area contributed by atoms with Crippen LogP contribution in [0, 0.1) is 6.92 Å². The van der Waals surface area contributed by atoms with Crippen molar-refractivity contribution in [3.05, 3.63) is 30.0 Å². The van der Waals surface area contributed by atoms with Gasteiger partial charge in [-0.1, -0.05) is 11.3 Å². The molecule has 0 unspecified atom stereocenters. The van der Waals surface area contributed by atoms with Gasteiger partial charge in [0.15, 0.2) is 0 Å². The third-order valence-corrected chi connectivity index (χ3v) is 6.97. The molecule has 1 spiro atoms. The van der Waals surface area contributed by atoms with Crippen LogP contribution in [-0.4, -0.2) is 64.8 Å². The molecule has 6 nitrogen and oxygen atoms in total. The Hall–Kier alpha value is -1.92. The molecule has 0 bridgehead atoms. The van der Waals surface area contributed by atoms with E-state index in [0.29, 0.717) is 5.54 Å². The van der Waals surface area contributed by atoms with Gasteiger partial charge in [-0.05, 0) is 70.3 Å². The van der Waals surface area contributed by atoms with Crippen molar-refractivity contribution in [1.82, 2.24) is 19.9 Å². The number of aryl methyl sites for hydroxylation is 1. The Morgan fingerprint density at radius 1 is 1.21 bits per heavy atom. The lowest BCUT2D eigenvalue weighted by Gasteiger charge is -2.53. The largest absolute Gasteiger partial charge is 0.376 e. The van der Waals surface area contributed by atoms with Gasteiger partial charge in [-0.25, -0.2) is 4.68 Å². The van der Waals surface area contributed by atoms with Crippen molar-refractivity contribution < 1.29 is 4.74 Å². The van der Waals surface area contributed by atoms with Gasteiger partial charge in [-0.2, -0.15) is 0 Å². The number of likely N-dealkylation sites (tertiary alicyclic amines) is 1. The number of benzene rings is 1. The Morgan fingerprint density at radius 3 is 2.82 bits per heavy atom. The Balaban J connectivity index is 1.27.